The van der Waals surface area contributed by atoms with Gasteiger partial charge in [0.25, 0.3) is 0 Å². The molecule has 1 N–H and O–H groups in total. The van der Waals surface area contributed by atoms with Gasteiger partial charge in [0.1, 0.15) is 0 Å². The molecule has 2 heteroatoms. The van der Waals surface area contributed by atoms with Crippen molar-refractivity contribution in [1.82, 2.24) is 5.32 Å². The summed E-state index contributed by atoms with van der Waals surface area (Å²) in [6.07, 6.45) is 7.62. The largest absolute Gasteiger partial charge is 0.373 e. The summed E-state index contributed by atoms with van der Waals surface area (Å²) in [4.78, 5) is 0. The Morgan fingerprint density at radius 2 is 1.81 bits per heavy atom. The Hall–Kier alpha value is -0.0800. The normalized spacial score (nSPS) is 28.6. The third-order valence-corrected chi connectivity index (χ3v) is 5.27. The molecule has 1 rings (SSSR count). The van der Waals surface area contributed by atoms with Gasteiger partial charge in [-0.1, -0.05) is 48.0 Å². The Kier molecular flexibility index (Phi) is 7.70. The van der Waals surface area contributed by atoms with Gasteiger partial charge in [-0.2, -0.15) is 0 Å². The van der Waals surface area contributed by atoms with Gasteiger partial charge in [0.15, 0.2) is 0 Å². The summed E-state index contributed by atoms with van der Waals surface area (Å²) >= 11 is 0. The van der Waals surface area contributed by atoms with E-state index < -0.39 is 0 Å². The average molecular weight is 298 g/mol. The lowest BCUT2D eigenvalue weighted by atomic mass is 9.68. The van der Waals surface area contributed by atoms with Crippen LogP contribution < -0.4 is 5.32 Å². The van der Waals surface area contributed by atoms with Gasteiger partial charge in [0.2, 0.25) is 0 Å². The number of rotatable bonds is 8. The Morgan fingerprint density at radius 1 is 1.19 bits per heavy atom. The van der Waals surface area contributed by atoms with Crippen LogP contribution in [0.5, 0.6) is 0 Å². The Morgan fingerprint density at radius 3 is 2.29 bits per heavy atom. The summed E-state index contributed by atoms with van der Waals surface area (Å²) in [5.74, 6) is 1.54. The number of nitrogens with one attached hydrogen (secondary N) is 1. The van der Waals surface area contributed by atoms with Gasteiger partial charge >= 0.3 is 0 Å². The minimum Gasteiger partial charge on any atom is -0.373 e. The molecule has 0 aromatic heterocycles. The van der Waals surface area contributed by atoms with Crippen LogP contribution in [0.2, 0.25) is 0 Å². The van der Waals surface area contributed by atoms with Crippen LogP contribution in [0.4, 0.5) is 0 Å². The second kappa shape index (κ2) is 8.53. The van der Waals surface area contributed by atoms with E-state index in [9.17, 15) is 0 Å². The SMILES string of the molecule is CCCC(C)COC1(CNCC)CCC(C(C)(C)C)CC1. The van der Waals surface area contributed by atoms with E-state index in [4.69, 9.17) is 4.74 Å². The van der Waals surface area contributed by atoms with Gasteiger partial charge < -0.3 is 10.1 Å². The third kappa shape index (κ3) is 6.28. The van der Waals surface area contributed by atoms with E-state index in [0.717, 1.165) is 25.6 Å². The van der Waals surface area contributed by atoms with E-state index >= 15 is 0 Å². The summed E-state index contributed by atoms with van der Waals surface area (Å²) in [5, 5.41) is 3.54. The van der Waals surface area contributed by atoms with Crippen molar-refractivity contribution in [2.24, 2.45) is 17.3 Å². The molecule has 21 heavy (non-hydrogen) atoms. The predicted octanol–water partition coefficient (Wildman–Crippen LogP) is 5.02. The average Bonchev–Trinajstić information content (AvgIpc) is 2.43. The topological polar surface area (TPSA) is 21.3 Å². The zero-order valence-electron chi connectivity index (χ0n) is 15.4. The maximum absolute atomic E-state index is 6.49. The number of hydrogen-bond donors (Lipinski definition) is 1. The van der Waals surface area contributed by atoms with Crippen molar-refractivity contribution in [2.75, 3.05) is 19.7 Å². The lowest BCUT2D eigenvalue weighted by Gasteiger charge is -2.44. The van der Waals surface area contributed by atoms with E-state index in [1.165, 1.54) is 38.5 Å². The summed E-state index contributed by atoms with van der Waals surface area (Å²) in [5.41, 5.74) is 0.541. The first-order valence-electron chi connectivity index (χ1n) is 9.17. The third-order valence-electron chi connectivity index (χ3n) is 5.27. The summed E-state index contributed by atoms with van der Waals surface area (Å²) < 4.78 is 6.49. The Labute approximate surface area is 133 Å². The highest BCUT2D eigenvalue weighted by molar-refractivity contribution is 4.92. The molecule has 1 atom stereocenters. The Balaban J connectivity index is 2.56. The van der Waals surface area contributed by atoms with E-state index in [0.29, 0.717) is 11.3 Å². The molecule has 0 aromatic carbocycles. The fourth-order valence-corrected chi connectivity index (χ4v) is 3.63. The molecule has 1 fully saturated rings. The molecule has 1 saturated carbocycles. The molecule has 0 bridgehead atoms. The van der Waals surface area contributed by atoms with Gasteiger partial charge in [-0.25, -0.2) is 0 Å². The molecule has 0 spiro atoms. The van der Waals surface area contributed by atoms with Crippen LogP contribution in [-0.2, 0) is 4.74 Å². The molecule has 1 aliphatic rings. The zero-order chi connectivity index (χ0) is 15.9. The lowest BCUT2D eigenvalue weighted by Crippen LogP contribution is -2.47. The van der Waals surface area contributed by atoms with Crippen molar-refractivity contribution in [3.63, 3.8) is 0 Å². The minimum absolute atomic E-state index is 0.0970. The first-order valence-corrected chi connectivity index (χ1v) is 9.17. The van der Waals surface area contributed by atoms with Crippen molar-refractivity contribution in [1.29, 1.82) is 0 Å². The maximum atomic E-state index is 6.49. The molecular weight excluding hydrogens is 258 g/mol. The van der Waals surface area contributed by atoms with E-state index in [2.05, 4.69) is 46.9 Å². The van der Waals surface area contributed by atoms with Crippen molar-refractivity contribution in [2.45, 2.75) is 85.7 Å². The zero-order valence-corrected chi connectivity index (χ0v) is 15.4. The van der Waals surface area contributed by atoms with Gasteiger partial charge in [-0.05, 0) is 55.9 Å². The van der Waals surface area contributed by atoms with Crippen LogP contribution in [0.25, 0.3) is 0 Å². The van der Waals surface area contributed by atoms with Gasteiger partial charge in [-0.15, -0.1) is 0 Å². The predicted molar refractivity (Wildman–Crippen MR) is 92.7 cm³/mol. The molecule has 126 valence electrons. The molecule has 0 heterocycles. The maximum Gasteiger partial charge on any atom is 0.0806 e. The molecule has 0 saturated heterocycles. The monoisotopic (exact) mass is 297 g/mol. The van der Waals surface area contributed by atoms with Crippen molar-refractivity contribution in [3.05, 3.63) is 0 Å². The smallest absolute Gasteiger partial charge is 0.0806 e. The van der Waals surface area contributed by atoms with Gasteiger partial charge in [-0.3, -0.25) is 0 Å². The highest BCUT2D eigenvalue weighted by Crippen LogP contribution is 2.42. The molecule has 1 aliphatic carbocycles. The van der Waals surface area contributed by atoms with Gasteiger partial charge in [0.05, 0.1) is 5.60 Å². The molecular formula is C19H39NO. The quantitative estimate of drug-likeness (QED) is 0.679. The highest BCUT2D eigenvalue weighted by Gasteiger charge is 2.39. The van der Waals surface area contributed by atoms with Crippen molar-refractivity contribution >= 4 is 0 Å². The fraction of sp³-hybridized carbons (Fsp3) is 1.00. The van der Waals surface area contributed by atoms with Gasteiger partial charge in [0, 0.05) is 13.2 Å². The fourth-order valence-electron chi connectivity index (χ4n) is 3.63. The molecule has 0 amide bonds. The molecule has 0 aliphatic heterocycles. The first kappa shape index (κ1) is 19.0. The van der Waals surface area contributed by atoms with Crippen LogP contribution in [0.3, 0.4) is 0 Å². The van der Waals surface area contributed by atoms with E-state index in [-0.39, 0.29) is 5.60 Å². The van der Waals surface area contributed by atoms with E-state index in [1.807, 2.05) is 0 Å². The highest BCUT2D eigenvalue weighted by atomic mass is 16.5. The van der Waals surface area contributed by atoms with Crippen molar-refractivity contribution < 1.29 is 4.74 Å². The Bertz CT molecular complexity index is 274. The summed E-state index contributed by atoms with van der Waals surface area (Å²) in [6, 6.07) is 0. The number of ether oxygens (including phenoxy) is 1. The summed E-state index contributed by atoms with van der Waals surface area (Å²) in [6.45, 7) is 16.9. The van der Waals surface area contributed by atoms with Crippen molar-refractivity contribution in [3.8, 4) is 0 Å². The minimum atomic E-state index is 0.0970. The molecule has 2 nitrogen and oxygen atoms in total. The number of hydrogen-bond acceptors (Lipinski definition) is 2. The van der Waals surface area contributed by atoms with E-state index in [1.54, 1.807) is 0 Å². The lowest BCUT2D eigenvalue weighted by molar-refractivity contribution is -0.0947. The molecule has 0 aromatic rings. The number of likely N-dealkylation sites (N-methyl/N-ethyl adjacent to an activating group) is 1. The van der Waals surface area contributed by atoms with Crippen LogP contribution >= 0.6 is 0 Å². The first-order chi connectivity index (χ1) is 9.83. The molecule has 0 radical (unpaired) electrons. The van der Waals surface area contributed by atoms with Crippen LogP contribution in [0.15, 0.2) is 0 Å². The standard InChI is InChI=1S/C19H39NO/c1-7-9-16(3)14-21-19(15-20-8-2)12-10-17(11-13-19)18(4,5)6/h16-17,20H,7-15H2,1-6H3. The van der Waals surface area contributed by atoms with Crippen LogP contribution in [-0.4, -0.2) is 25.3 Å². The summed E-state index contributed by atoms with van der Waals surface area (Å²) in [7, 11) is 0. The second-order valence-corrected chi connectivity index (χ2v) is 8.31. The molecule has 1 unspecified atom stereocenters. The van der Waals surface area contributed by atoms with Crippen LogP contribution in [0.1, 0.15) is 80.1 Å². The second-order valence-electron chi connectivity index (χ2n) is 8.31. The van der Waals surface area contributed by atoms with Crippen LogP contribution in [0, 0.1) is 17.3 Å².